The van der Waals surface area contributed by atoms with Crippen LogP contribution in [0.2, 0.25) is 0 Å². The largest absolute Gasteiger partial charge is 0.481 e. The summed E-state index contributed by atoms with van der Waals surface area (Å²) in [6, 6.07) is 0. The maximum atomic E-state index is 12.4. The first kappa shape index (κ1) is 14.8. The summed E-state index contributed by atoms with van der Waals surface area (Å²) >= 11 is 0.975. The van der Waals surface area contributed by atoms with Crippen molar-refractivity contribution in [3.05, 3.63) is 26.7 Å². The molecule has 1 fully saturated rings. The van der Waals surface area contributed by atoms with Crippen LogP contribution >= 0.6 is 11.8 Å². The van der Waals surface area contributed by atoms with Crippen molar-refractivity contribution < 1.29 is 9.90 Å². The molecule has 0 amide bonds. The Balaban J connectivity index is 2.32. The van der Waals surface area contributed by atoms with Gasteiger partial charge in [0.1, 0.15) is 16.2 Å². The van der Waals surface area contributed by atoms with E-state index < -0.39 is 17.2 Å². The van der Waals surface area contributed by atoms with E-state index in [1.807, 2.05) is 0 Å². The molecule has 3 rings (SSSR count). The topological polar surface area (TPSA) is 107 Å². The van der Waals surface area contributed by atoms with Gasteiger partial charge in [0.25, 0.3) is 5.56 Å². The molecule has 0 aliphatic heterocycles. The molecule has 1 aliphatic carbocycles. The molecule has 0 unspecified atom stereocenters. The van der Waals surface area contributed by atoms with Crippen molar-refractivity contribution in [2.45, 2.75) is 23.8 Å². The minimum Gasteiger partial charge on any atom is -0.481 e. The van der Waals surface area contributed by atoms with Crippen molar-refractivity contribution in [2.75, 3.05) is 5.75 Å². The van der Waals surface area contributed by atoms with E-state index in [0.29, 0.717) is 10.9 Å². The summed E-state index contributed by atoms with van der Waals surface area (Å²) in [5.41, 5.74) is -0.710. The number of rotatable bonds is 4. The fourth-order valence-corrected chi connectivity index (χ4v) is 2.94. The second kappa shape index (κ2) is 5.24. The highest BCUT2D eigenvalue weighted by Crippen LogP contribution is 2.39. The fourth-order valence-electron chi connectivity index (χ4n) is 2.20. The van der Waals surface area contributed by atoms with E-state index in [9.17, 15) is 14.4 Å². The Morgan fingerprint density at radius 1 is 1.27 bits per heavy atom. The molecule has 2 aromatic rings. The summed E-state index contributed by atoms with van der Waals surface area (Å²) in [7, 11) is 2.92. The monoisotopic (exact) mass is 322 g/mol. The maximum Gasteiger partial charge on any atom is 0.332 e. The van der Waals surface area contributed by atoms with Crippen LogP contribution < -0.4 is 11.2 Å². The number of fused-ring (bicyclic) bond motifs is 1. The predicted molar refractivity (Wildman–Crippen MR) is 80.4 cm³/mol. The molecule has 1 saturated carbocycles. The van der Waals surface area contributed by atoms with Gasteiger partial charge in [-0.25, -0.2) is 14.8 Å². The Morgan fingerprint density at radius 2 is 1.95 bits per heavy atom. The lowest BCUT2D eigenvalue weighted by Crippen LogP contribution is -2.37. The Labute approximate surface area is 128 Å². The Kier molecular flexibility index (Phi) is 3.51. The molecule has 0 atom stereocenters. The third-order valence-corrected chi connectivity index (χ3v) is 4.52. The van der Waals surface area contributed by atoms with Gasteiger partial charge in [-0.2, -0.15) is 0 Å². The molecule has 2 heterocycles. The normalized spacial score (nSPS) is 14.5. The summed E-state index contributed by atoms with van der Waals surface area (Å²) in [6.45, 7) is 0. The highest BCUT2D eigenvalue weighted by atomic mass is 32.2. The van der Waals surface area contributed by atoms with Crippen LogP contribution in [0.1, 0.15) is 24.6 Å². The molecule has 0 aromatic carbocycles. The zero-order valence-electron chi connectivity index (χ0n) is 12.1. The first-order chi connectivity index (χ1) is 10.4. The number of aliphatic carboxylic acids is 1. The summed E-state index contributed by atoms with van der Waals surface area (Å²) in [5.74, 6) is -0.398. The van der Waals surface area contributed by atoms with Gasteiger partial charge in [0.05, 0.1) is 5.75 Å². The molecular formula is C13H14N4O4S. The number of nitrogens with zero attached hydrogens (tertiary/aromatic N) is 4. The first-order valence-corrected chi connectivity index (χ1v) is 7.71. The zero-order valence-corrected chi connectivity index (χ0v) is 12.9. The van der Waals surface area contributed by atoms with Gasteiger partial charge in [-0.15, -0.1) is 0 Å². The molecule has 9 heteroatoms. The van der Waals surface area contributed by atoms with Gasteiger partial charge in [0.15, 0.2) is 5.65 Å². The molecule has 8 nitrogen and oxygen atoms in total. The highest BCUT2D eigenvalue weighted by molar-refractivity contribution is 8.00. The van der Waals surface area contributed by atoms with Crippen LogP contribution in [0.4, 0.5) is 0 Å². The van der Waals surface area contributed by atoms with Crippen LogP contribution in [-0.4, -0.2) is 35.9 Å². The van der Waals surface area contributed by atoms with Crippen molar-refractivity contribution in [3.63, 3.8) is 0 Å². The number of hydrogen-bond acceptors (Lipinski definition) is 6. The summed E-state index contributed by atoms with van der Waals surface area (Å²) in [5, 5.41) is 9.38. The van der Waals surface area contributed by atoms with Crippen molar-refractivity contribution in [1.29, 1.82) is 0 Å². The lowest BCUT2D eigenvalue weighted by Gasteiger charge is -2.11. The summed E-state index contributed by atoms with van der Waals surface area (Å²) in [6.07, 6.45) is 1.93. The van der Waals surface area contributed by atoms with E-state index in [2.05, 4.69) is 9.97 Å². The lowest BCUT2D eigenvalue weighted by molar-refractivity contribution is -0.133. The van der Waals surface area contributed by atoms with E-state index in [1.54, 1.807) is 7.05 Å². The highest BCUT2D eigenvalue weighted by Gasteiger charge is 2.29. The summed E-state index contributed by atoms with van der Waals surface area (Å²) in [4.78, 5) is 44.0. The number of aromatic nitrogens is 4. The van der Waals surface area contributed by atoms with Gasteiger partial charge >= 0.3 is 11.7 Å². The van der Waals surface area contributed by atoms with Gasteiger partial charge in [-0.3, -0.25) is 18.7 Å². The van der Waals surface area contributed by atoms with Crippen LogP contribution in [0.15, 0.2) is 14.6 Å². The smallest absolute Gasteiger partial charge is 0.332 e. The zero-order chi connectivity index (χ0) is 16.0. The van der Waals surface area contributed by atoms with E-state index in [0.717, 1.165) is 29.2 Å². The lowest BCUT2D eigenvalue weighted by atomic mass is 10.3. The standard InChI is InChI=1S/C13H14N4O4S/c1-16-10-8(12(20)17(2)13(16)21)11(22-5-7(18)19)15-9(14-10)6-3-4-6/h6H,3-5H2,1-2H3,(H,18,19). The van der Waals surface area contributed by atoms with Crippen molar-refractivity contribution in [1.82, 2.24) is 19.1 Å². The van der Waals surface area contributed by atoms with E-state index >= 15 is 0 Å². The first-order valence-electron chi connectivity index (χ1n) is 6.72. The number of hydrogen-bond donors (Lipinski definition) is 1. The van der Waals surface area contributed by atoms with Crippen molar-refractivity contribution in [3.8, 4) is 0 Å². The minimum atomic E-state index is -0.994. The Bertz CT molecular complexity index is 898. The van der Waals surface area contributed by atoms with Gasteiger partial charge in [0, 0.05) is 20.0 Å². The van der Waals surface area contributed by atoms with Crippen molar-refractivity contribution in [2.24, 2.45) is 14.1 Å². The number of aryl methyl sites for hydroxylation is 1. The Morgan fingerprint density at radius 3 is 2.55 bits per heavy atom. The molecule has 2 aromatic heterocycles. The van der Waals surface area contributed by atoms with Crippen LogP contribution in [0.5, 0.6) is 0 Å². The third kappa shape index (κ3) is 2.41. The van der Waals surface area contributed by atoms with Crippen molar-refractivity contribution >= 4 is 28.8 Å². The van der Waals surface area contributed by atoms with Crippen LogP contribution in [0.25, 0.3) is 11.0 Å². The average molecular weight is 322 g/mol. The van der Waals surface area contributed by atoms with Gasteiger partial charge in [-0.05, 0) is 12.8 Å². The second-order valence-corrected chi connectivity index (χ2v) is 6.21. The number of carboxylic acids is 1. The van der Waals surface area contributed by atoms with E-state index in [1.165, 1.54) is 11.6 Å². The molecule has 22 heavy (non-hydrogen) atoms. The molecule has 0 bridgehead atoms. The molecular weight excluding hydrogens is 308 g/mol. The average Bonchev–Trinajstić information content (AvgIpc) is 3.32. The number of carbonyl (C=O) groups is 1. The minimum absolute atomic E-state index is 0.195. The molecule has 1 N–H and O–H groups in total. The summed E-state index contributed by atoms with van der Waals surface area (Å²) < 4.78 is 2.28. The van der Waals surface area contributed by atoms with Crippen LogP contribution in [-0.2, 0) is 18.9 Å². The molecule has 0 radical (unpaired) electrons. The molecule has 116 valence electrons. The van der Waals surface area contributed by atoms with Gasteiger partial charge in [-0.1, -0.05) is 11.8 Å². The maximum absolute atomic E-state index is 12.4. The van der Waals surface area contributed by atoms with Gasteiger partial charge in [0.2, 0.25) is 0 Å². The molecule has 1 aliphatic rings. The number of carboxylic acid groups (broad SMARTS) is 1. The second-order valence-electron chi connectivity index (χ2n) is 5.25. The van der Waals surface area contributed by atoms with E-state index in [4.69, 9.17) is 5.11 Å². The van der Waals surface area contributed by atoms with E-state index in [-0.39, 0.29) is 22.7 Å². The fraction of sp³-hybridized carbons (Fsp3) is 0.462. The quantitative estimate of drug-likeness (QED) is 0.627. The Hall–Kier alpha value is -2.16. The SMILES string of the molecule is Cn1c(=O)c2c(SCC(=O)O)nc(C3CC3)nc2n(C)c1=O. The number of thioether (sulfide) groups is 1. The predicted octanol–water partition coefficient (Wildman–Crippen LogP) is 0.0813. The third-order valence-electron chi connectivity index (χ3n) is 3.56. The molecule has 0 saturated heterocycles. The molecule has 0 spiro atoms. The van der Waals surface area contributed by atoms with Gasteiger partial charge < -0.3 is 5.11 Å². The van der Waals surface area contributed by atoms with Crippen LogP contribution in [0, 0.1) is 0 Å². The van der Waals surface area contributed by atoms with Crippen LogP contribution in [0.3, 0.4) is 0 Å².